The highest BCUT2D eigenvalue weighted by atomic mass is 19.1. The van der Waals surface area contributed by atoms with Crippen molar-refractivity contribution >= 4 is 5.91 Å². The van der Waals surface area contributed by atoms with Crippen LogP contribution in [0.2, 0.25) is 0 Å². The number of rotatable bonds is 3. The molecule has 1 amide bonds. The first-order valence-electron chi connectivity index (χ1n) is 8.55. The Morgan fingerprint density at radius 2 is 1.85 bits per heavy atom. The molecule has 0 spiro atoms. The molecule has 0 unspecified atom stereocenters. The summed E-state index contributed by atoms with van der Waals surface area (Å²) < 4.78 is 18.5. The minimum Gasteiger partial charge on any atom is -0.339 e. The van der Waals surface area contributed by atoms with Gasteiger partial charge in [0.15, 0.2) is 0 Å². The molecule has 26 heavy (non-hydrogen) atoms. The van der Waals surface area contributed by atoms with E-state index in [2.05, 4.69) is 17.1 Å². The van der Waals surface area contributed by atoms with Crippen LogP contribution in [-0.2, 0) is 0 Å². The molecule has 0 saturated carbocycles. The highest BCUT2D eigenvalue weighted by Gasteiger charge is 2.37. The molecule has 1 aliphatic heterocycles. The summed E-state index contributed by atoms with van der Waals surface area (Å²) >= 11 is 0. The minimum absolute atomic E-state index is 0.00985. The van der Waals surface area contributed by atoms with Crippen molar-refractivity contribution in [2.45, 2.75) is 12.8 Å². The van der Waals surface area contributed by atoms with Crippen LogP contribution in [-0.4, -0.2) is 34.0 Å². The number of amides is 1. The maximum atomic E-state index is 13.1. The van der Waals surface area contributed by atoms with E-state index >= 15 is 0 Å². The quantitative estimate of drug-likeness (QED) is 0.721. The Balaban J connectivity index is 1.51. The standard InChI is InChI=1S/C20H18FN3O2/c1-13-11-24(20(25)15-7-9-16(21)10-8-15)12-17(13)19-22-18(23-26-19)14-5-3-2-4-6-14/h2-10,13,17H,11-12H2,1H3/t13-,17-/m0/s1. The lowest BCUT2D eigenvalue weighted by atomic mass is 9.98. The molecule has 2 heterocycles. The van der Waals surface area contributed by atoms with Crippen LogP contribution in [0.5, 0.6) is 0 Å². The molecule has 3 aromatic rings. The number of hydrogen-bond donors (Lipinski definition) is 0. The molecule has 4 rings (SSSR count). The Kier molecular flexibility index (Phi) is 4.24. The topological polar surface area (TPSA) is 59.2 Å². The first-order chi connectivity index (χ1) is 12.6. The zero-order valence-corrected chi connectivity index (χ0v) is 14.3. The number of nitrogens with zero attached hydrogens (tertiary/aromatic N) is 3. The Morgan fingerprint density at radius 3 is 2.58 bits per heavy atom. The number of carbonyl (C=O) groups excluding carboxylic acids is 1. The van der Waals surface area contributed by atoms with Crippen molar-refractivity contribution in [3.8, 4) is 11.4 Å². The zero-order valence-electron chi connectivity index (χ0n) is 14.3. The van der Waals surface area contributed by atoms with E-state index in [4.69, 9.17) is 4.52 Å². The third-order valence-corrected chi connectivity index (χ3v) is 4.78. The predicted molar refractivity (Wildman–Crippen MR) is 93.9 cm³/mol. The van der Waals surface area contributed by atoms with Crippen molar-refractivity contribution in [1.82, 2.24) is 15.0 Å². The second-order valence-corrected chi connectivity index (χ2v) is 6.62. The zero-order chi connectivity index (χ0) is 18.1. The normalized spacial score (nSPS) is 19.7. The molecule has 6 heteroatoms. The van der Waals surface area contributed by atoms with Crippen LogP contribution >= 0.6 is 0 Å². The van der Waals surface area contributed by atoms with Gasteiger partial charge in [-0.05, 0) is 30.2 Å². The number of benzene rings is 2. The van der Waals surface area contributed by atoms with Gasteiger partial charge in [-0.3, -0.25) is 4.79 Å². The van der Waals surface area contributed by atoms with E-state index in [0.29, 0.717) is 30.4 Å². The van der Waals surface area contributed by atoms with Gasteiger partial charge in [0, 0.05) is 24.2 Å². The van der Waals surface area contributed by atoms with Crippen molar-refractivity contribution in [3.05, 3.63) is 71.9 Å². The molecule has 0 radical (unpaired) electrons. The molecular weight excluding hydrogens is 333 g/mol. The Hall–Kier alpha value is -3.02. The largest absolute Gasteiger partial charge is 0.339 e. The molecule has 5 nitrogen and oxygen atoms in total. The maximum Gasteiger partial charge on any atom is 0.253 e. The molecular formula is C20H18FN3O2. The van der Waals surface area contributed by atoms with Crippen molar-refractivity contribution in [1.29, 1.82) is 0 Å². The highest BCUT2D eigenvalue weighted by Crippen LogP contribution is 2.33. The average molecular weight is 351 g/mol. The van der Waals surface area contributed by atoms with Crippen molar-refractivity contribution in [2.75, 3.05) is 13.1 Å². The predicted octanol–water partition coefficient (Wildman–Crippen LogP) is 3.75. The molecule has 2 aromatic carbocycles. The Bertz CT molecular complexity index is 908. The summed E-state index contributed by atoms with van der Waals surface area (Å²) in [5.74, 6) is 0.824. The van der Waals surface area contributed by atoms with Gasteiger partial charge in [0.1, 0.15) is 5.82 Å². The summed E-state index contributed by atoms with van der Waals surface area (Å²) in [7, 11) is 0. The molecule has 1 fully saturated rings. The minimum atomic E-state index is -0.353. The summed E-state index contributed by atoms with van der Waals surface area (Å²) in [5, 5.41) is 4.07. The van der Waals surface area contributed by atoms with Gasteiger partial charge >= 0.3 is 0 Å². The van der Waals surface area contributed by atoms with Gasteiger partial charge < -0.3 is 9.42 Å². The highest BCUT2D eigenvalue weighted by molar-refractivity contribution is 5.94. The number of aromatic nitrogens is 2. The molecule has 1 saturated heterocycles. The summed E-state index contributed by atoms with van der Waals surface area (Å²) in [6, 6.07) is 15.3. The van der Waals surface area contributed by atoms with Gasteiger partial charge in [-0.1, -0.05) is 42.4 Å². The summed E-state index contributed by atoms with van der Waals surface area (Å²) in [4.78, 5) is 18.9. The van der Waals surface area contributed by atoms with E-state index in [0.717, 1.165) is 5.56 Å². The van der Waals surface area contributed by atoms with Crippen LogP contribution in [0.3, 0.4) is 0 Å². The number of hydrogen-bond acceptors (Lipinski definition) is 4. The van der Waals surface area contributed by atoms with Gasteiger partial charge in [-0.15, -0.1) is 0 Å². The van der Waals surface area contributed by atoms with Crippen LogP contribution in [0.4, 0.5) is 4.39 Å². The fourth-order valence-electron chi connectivity index (χ4n) is 3.32. The number of likely N-dealkylation sites (tertiary alicyclic amines) is 1. The van der Waals surface area contributed by atoms with E-state index in [9.17, 15) is 9.18 Å². The molecule has 0 bridgehead atoms. The Morgan fingerprint density at radius 1 is 1.12 bits per heavy atom. The van der Waals surface area contributed by atoms with Gasteiger partial charge in [0.05, 0.1) is 5.92 Å². The fourth-order valence-corrected chi connectivity index (χ4v) is 3.32. The van der Waals surface area contributed by atoms with Crippen LogP contribution in [0.15, 0.2) is 59.1 Å². The monoisotopic (exact) mass is 351 g/mol. The summed E-state index contributed by atoms with van der Waals surface area (Å²) in [6.07, 6.45) is 0. The van der Waals surface area contributed by atoms with Gasteiger partial charge in [-0.25, -0.2) is 4.39 Å². The van der Waals surface area contributed by atoms with E-state index < -0.39 is 0 Å². The van der Waals surface area contributed by atoms with Crippen LogP contribution < -0.4 is 0 Å². The second kappa shape index (κ2) is 6.71. The van der Waals surface area contributed by atoms with Gasteiger partial charge in [0.2, 0.25) is 11.7 Å². The molecule has 1 aliphatic rings. The SMILES string of the molecule is C[C@H]1CN(C(=O)c2ccc(F)cc2)C[C@@H]1c1nc(-c2ccccc2)no1. The summed E-state index contributed by atoms with van der Waals surface area (Å²) in [6.45, 7) is 3.17. The number of halogens is 1. The maximum absolute atomic E-state index is 13.1. The molecule has 0 N–H and O–H groups in total. The first-order valence-corrected chi connectivity index (χ1v) is 8.55. The lowest BCUT2D eigenvalue weighted by Crippen LogP contribution is -2.28. The lowest BCUT2D eigenvalue weighted by molar-refractivity contribution is 0.0786. The third kappa shape index (κ3) is 3.10. The van der Waals surface area contributed by atoms with E-state index in [1.165, 1.54) is 24.3 Å². The molecule has 1 aromatic heterocycles. The fraction of sp³-hybridized carbons (Fsp3) is 0.250. The first kappa shape index (κ1) is 16.4. The van der Waals surface area contributed by atoms with Gasteiger partial charge in [-0.2, -0.15) is 4.98 Å². The van der Waals surface area contributed by atoms with Crippen molar-refractivity contribution in [2.24, 2.45) is 5.92 Å². The average Bonchev–Trinajstić information content (AvgIpc) is 3.29. The second-order valence-electron chi connectivity index (χ2n) is 6.62. The van der Waals surface area contributed by atoms with E-state index in [1.807, 2.05) is 30.3 Å². The van der Waals surface area contributed by atoms with Crippen molar-refractivity contribution < 1.29 is 13.7 Å². The van der Waals surface area contributed by atoms with Crippen LogP contribution in [0.25, 0.3) is 11.4 Å². The van der Waals surface area contributed by atoms with E-state index in [-0.39, 0.29) is 23.6 Å². The third-order valence-electron chi connectivity index (χ3n) is 4.78. The van der Waals surface area contributed by atoms with Crippen molar-refractivity contribution in [3.63, 3.8) is 0 Å². The summed E-state index contributed by atoms with van der Waals surface area (Å²) in [5.41, 5.74) is 1.38. The number of carbonyl (C=O) groups is 1. The van der Waals surface area contributed by atoms with E-state index in [1.54, 1.807) is 4.90 Å². The van der Waals surface area contributed by atoms with Crippen LogP contribution in [0, 0.1) is 11.7 Å². The molecule has 0 aliphatic carbocycles. The Labute approximate surface area is 150 Å². The molecule has 2 atom stereocenters. The lowest BCUT2D eigenvalue weighted by Gasteiger charge is -2.15. The molecule has 132 valence electrons. The van der Waals surface area contributed by atoms with Crippen LogP contribution in [0.1, 0.15) is 29.1 Å². The smallest absolute Gasteiger partial charge is 0.253 e. The van der Waals surface area contributed by atoms with Gasteiger partial charge in [0.25, 0.3) is 5.91 Å².